The maximum Gasteiger partial charge on any atom is 0.258 e. The average molecular weight is 293 g/mol. The predicted molar refractivity (Wildman–Crippen MR) is 71.6 cm³/mol. The van der Waals surface area contributed by atoms with Gasteiger partial charge < -0.3 is 14.8 Å². The van der Waals surface area contributed by atoms with Crippen LogP contribution in [0.3, 0.4) is 0 Å². The van der Waals surface area contributed by atoms with Gasteiger partial charge in [-0.05, 0) is 0 Å². The Labute approximate surface area is 119 Å². The molecule has 4 N–H and O–H groups in total. The van der Waals surface area contributed by atoms with Gasteiger partial charge in [0, 0.05) is 6.54 Å². The third-order valence-electron chi connectivity index (χ3n) is 2.75. The van der Waals surface area contributed by atoms with E-state index in [1.165, 1.54) is 17.3 Å². The summed E-state index contributed by atoms with van der Waals surface area (Å²) in [5.41, 5.74) is 2.39. The molecule has 2 aromatic rings. The second-order valence-electron chi connectivity index (χ2n) is 4.22. The van der Waals surface area contributed by atoms with Crippen LogP contribution in [0.25, 0.3) is 5.95 Å². The number of nitrogens with zero attached hydrogens (tertiary/aromatic N) is 6. The van der Waals surface area contributed by atoms with Gasteiger partial charge in [0.25, 0.3) is 5.95 Å². The summed E-state index contributed by atoms with van der Waals surface area (Å²) in [5.74, 6) is 6.24. The summed E-state index contributed by atoms with van der Waals surface area (Å²) in [6, 6.07) is 0. The molecule has 0 aromatic carbocycles. The lowest BCUT2D eigenvalue weighted by atomic mass is 10.3. The van der Waals surface area contributed by atoms with Gasteiger partial charge in [0.15, 0.2) is 0 Å². The topological polar surface area (TPSA) is 138 Å². The zero-order valence-electron chi connectivity index (χ0n) is 11.1. The third kappa shape index (κ3) is 3.39. The van der Waals surface area contributed by atoms with E-state index in [0.29, 0.717) is 38.3 Å². The van der Waals surface area contributed by atoms with Crippen LogP contribution in [0.1, 0.15) is 0 Å². The second kappa shape index (κ2) is 6.39. The molecule has 0 spiro atoms. The molecule has 0 amide bonds. The number of hydrogen-bond donors (Lipinski definition) is 3. The van der Waals surface area contributed by atoms with E-state index >= 15 is 0 Å². The number of ether oxygens (including phenoxy) is 2. The Morgan fingerprint density at radius 3 is 2.90 bits per heavy atom. The fraction of sp³-hybridized carbons (Fsp3) is 0.500. The smallest absolute Gasteiger partial charge is 0.258 e. The molecule has 1 aliphatic heterocycles. The Hall–Kier alpha value is -2.37. The van der Waals surface area contributed by atoms with Crippen molar-refractivity contribution >= 4 is 11.9 Å². The maximum atomic E-state index is 5.53. The minimum atomic E-state index is -0.0420. The number of nitrogen functional groups attached to an aromatic ring is 1. The Balaban J connectivity index is 1.73. The fourth-order valence-electron chi connectivity index (χ4n) is 1.78. The molecular weight excluding hydrogens is 278 g/mol. The van der Waals surface area contributed by atoms with Crippen molar-refractivity contribution in [3.8, 4) is 5.95 Å². The van der Waals surface area contributed by atoms with E-state index in [4.69, 9.17) is 15.3 Å². The van der Waals surface area contributed by atoms with Gasteiger partial charge in [0.05, 0.1) is 25.9 Å². The van der Waals surface area contributed by atoms with Crippen LogP contribution in [0.4, 0.5) is 11.9 Å². The number of rotatable bonds is 5. The molecule has 1 saturated heterocycles. The zero-order valence-corrected chi connectivity index (χ0v) is 11.1. The molecule has 1 fully saturated rings. The molecule has 0 saturated carbocycles. The highest BCUT2D eigenvalue weighted by Gasteiger charge is 2.15. The lowest BCUT2D eigenvalue weighted by molar-refractivity contribution is -0.0819. The molecule has 1 aliphatic rings. The average Bonchev–Trinajstić information content (AvgIpc) is 3.08. The predicted octanol–water partition coefficient (Wildman–Crippen LogP) is -1.43. The van der Waals surface area contributed by atoms with Crippen molar-refractivity contribution in [3.63, 3.8) is 0 Å². The van der Waals surface area contributed by atoms with Gasteiger partial charge in [-0.2, -0.15) is 24.7 Å². The Morgan fingerprint density at radius 2 is 2.19 bits per heavy atom. The van der Waals surface area contributed by atoms with Crippen LogP contribution in [0.15, 0.2) is 12.7 Å². The Bertz CT molecular complexity index is 570. The van der Waals surface area contributed by atoms with Gasteiger partial charge in [-0.25, -0.2) is 10.8 Å². The van der Waals surface area contributed by atoms with Crippen molar-refractivity contribution in [1.82, 2.24) is 29.7 Å². The molecule has 112 valence electrons. The van der Waals surface area contributed by atoms with E-state index in [0.717, 1.165) is 0 Å². The number of hydrazine groups is 1. The Kier molecular flexibility index (Phi) is 4.14. The van der Waals surface area contributed by atoms with E-state index in [1.54, 1.807) is 0 Å². The van der Waals surface area contributed by atoms with Crippen LogP contribution < -0.4 is 16.6 Å². The molecule has 21 heavy (non-hydrogen) atoms. The molecule has 11 nitrogen and oxygen atoms in total. The molecule has 11 heteroatoms. The molecule has 0 bridgehead atoms. The summed E-state index contributed by atoms with van der Waals surface area (Å²) in [5, 5.41) is 7.03. The lowest BCUT2D eigenvalue weighted by Gasteiger charge is -2.23. The van der Waals surface area contributed by atoms with E-state index < -0.39 is 0 Å². The van der Waals surface area contributed by atoms with Crippen molar-refractivity contribution in [3.05, 3.63) is 12.7 Å². The molecule has 2 aromatic heterocycles. The van der Waals surface area contributed by atoms with E-state index in [1.807, 2.05) is 0 Å². The first kappa shape index (κ1) is 13.6. The Morgan fingerprint density at radius 1 is 1.29 bits per heavy atom. The van der Waals surface area contributed by atoms with Crippen LogP contribution in [0.5, 0.6) is 0 Å². The summed E-state index contributed by atoms with van der Waals surface area (Å²) < 4.78 is 12.3. The molecular formula is C10H15N9O2. The summed E-state index contributed by atoms with van der Waals surface area (Å²) in [6.45, 7) is 2.27. The standard InChI is InChI=1S/C10H15N9O2/c11-18-9-15-8(13-3-7-4-20-1-2-21-7)16-10(17-9)19-6-12-5-14-19/h5-7H,1-4,11H2,(H2,13,15,16,17,18). The van der Waals surface area contributed by atoms with E-state index in [9.17, 15) is 0 Å². The minimum Gasteiger partial charge on any atom is -0.376 e. The first-order valence-corrected chi connectivity index (χ1v) is 6.36. The monoisotopic (exact) mass is 293 g/mol. The summed E-state index contributed by atoms with van der Waals surface area (Å²) in [6.07, 6.45) is 2.83. The highest BCUT2D eigenvalue weighted by atomic mass is 16.6. The van der Waals surface area contributed by atoms with Crippen molar-refractivity contribution < 1.29 is 9.47 Å². The summed E-state index contributed by atoms with van der Waals surface area (Å²) in [4.78, 5) is 16.3. The fourth-order valence-corrected chi connectivity index (χ4v) is 1.78. The second-order valence-corrected chi connectivity index (χ2v) is 4.22. The van der Waals surface area contributed by atoms with Crippen molar-refractivity contribution in [2.75, 3.05) is 37.1 Å². The summed E-state index contributed by atoms with van der Waals surface area (Å²) in [7, 11) is 0. The van der Waals surface area contributed by atoms with Crippen LogP contribution in [-0.2, 0) is 9.47 Å². The normalized spacial score (nSPS) is 18.4. The molecule has 0 aliphatic carbocycles. The van der Waals surface area contributed by atoms with Gasteiger partial charge in [-0.1, -0.05) is 0 Å². The van der Waals surface area contributed by atoms with E-state index in [2.05, 4.69) is 35.8 Å². The minimum absolute atomic E-state index is 0.0420. The molecule has 1 atom stereocenters. The SMILES string of the molecule is NNc1nc(NCC2COCCO2)nc(-n2cncn2)n1. The quantitative estimate of drug-likeness (QED) is 0.444. The molecule has 3 rings (SSSR count). The van der Waals surface area contributed by atoms with Gasteiger partial charge in [-0.3, -0.25) is 5.43 Å². The van der Waals surface area contributed by atoms with Crippen molar-refractivity contribution in [2.24, 2.45) is 5.84 Å². The third-order valence-corrected chi connectivity index (χ3v) is 2.75. The first-order chi connectivity index (χ1) is 10.3. The molecule has 0 radical (unpaired) electrons. The van der Waals surface area contributed by atoms with Crippen LogP contribution in [-0.4, -0.2) is 62.2 Å². The van der Waals surface area contributed by atoms with Crippen LogP contribution in [0, 0.1) is 0 Å². The number of nitrogens with one attached hydrogen (secondary N) is 2. The number of nitrogens with two attached hydrogens (primary N) is 1. The molecule has 3 heterocycles. The zero-order chi connectivity index (χ0) is 14.5. The summed E-state index contributed by atoms with van der Waals surface area (Å²) >= 11 is 0. The number of aromatic nitrogens is 6. The van der Waals surface area contributed by atoms with E-state index in [-0.39, 0.29) is 12.1 Å². The molecule has 1 unspecified atom stereocenters. The largest absolute Gasteiger partial charge is 0.376 e. The first-order valence-electron chi connectivity index (χ1n) is 6.36. The van der Waals surface area contributed by atoms with Crippen LogP contribution >= 0.6 is 0 Å². The highest BCUT2D eigenvalue weighted by Crippen LogP contribution is 2.08. The highest BCUT2D eigenvalue weighted by molar-refractivity contribution is 5.36. The maximum absolute atomic E-state index is 5.53. The number of hydrogen-bond acceptors (Lipinski definition) is 10. The lowest BCUT2D eigenvalue weighted by Crippen LogP contribution is -2.34. The van der Waals surface area contributed by atoms with Gasteiger partial charge in [0.1, 0.15) is 12.7 Å². The van der Waals surface area contributed by atoms with Gasteiger partial charge >= 0.3 is 0 Å². The van der Waals surface area contributed by atoms with Crippen molar-refractivity contribution in [2.45, 2.75) is 6.10 Å². The van der Waals surface area contributed by atoms with Crippen molar-refractivity contribution in [1.29, 1.82) is 0 Å². The number of anilines is 2. The van der Waals surface area contributed by atoms with Crippen LogP contribution in [0.2, 0.25) is 0 Å². The van der Waals surface area contributed by atoms with Gasteiger partial charge in [-0.15, -0.1) is 0 Å². The van der Waals surface area contributed by atoms with Gasteiger partial charge in [0.2, 0.25) is 11.9 Å².